The Labute approximate surface area is 257 Å². The van der Waals surface area contributed by atoms with Crippen molar-refractivity contribution >= 4 is 17.6 Å². The topological polar surface area (TPSA) is 73.3 Å². The first-order valence-electron chi connectivity index (χ1n) is 16.0. The lowest BCUT2D eigenvalue weighted by atomic mass is 9.88. The van der Waals surface area contributed by atoms with Gasteiger partial charge in [-0.05, 0) is 67.5 Å². The number of aliphatic carboxylic acids is 1. The number of methoxy groups -OCH3 is 1. The van der Waals surface area contributed by atoms with Crippen LogP contribution < -0.4 is 9.64 Å². The Bertz CT molecular complexity index is 1340. The zero-order valence-corrected chi connectivity index (χ0v) is 25.3. The number of piperidine rings is 1. The van der Waals surface area contributed by atoms with Crippen LogP contribution in [0.3, 0.4) is 0 Å². The lowest BCUT2D eigenvalue weighted by molar-refractivity contribution is -0.142. The van der Waals surface area contributed by atoms with Gasteiger partial charge in [0.2, 0.25) is 5.91 Å². The molecule has 44 heavy (non-hydrogen) atoms. The van der Waals surface area contributed by atoms with Crippen molar-refractivity contribution in [2.24, 2.45) is 11.8 Å². The Hall–Kier alpha value is -3.27. The van der Waals surface area contributed by atoms with Crippen LogP contribution in [-0.4, -0.2) is 79.2 Å². The van der Waals surface area contributed by atoms with Crippen LogP contribution in [-0.2, 0) is 15.8 Å². The fourth-order valence-electron chi connectivity index (χ4n) is 8.00. The molecule has 1 aliphatic carbocycles. The van der Waals surface area contributed by atoms with Gasteiger partial charge in [0.25, 0.3) is 0 Å². The van der Waals surface area contributed by atoms with Gasteiger partial charge in [0, 0.05) is 62.8 Å². The highest BCUT2D eigenvalue weighted by Gasteiger charge is 2.44. The van der Waals surface area contributed by atoms with Gasteiger partial charge in [-0.2, -0.15) is 13.2 Å². The molecule has 0 bridgehead atoms. The molecule has 2 aromatic rings. The van der Waals surface area contributed by atoms with E-state index >= 15 is 0 Å². The standard InChI is InChI=1S/C34H42F3N3O4/c1-44-27-9-6-22(7-10-27)29-20-40(26-4-2-3-5-26)21-30(29)32(41)39-17-14-24(19-39)28-11-8-25(34(35,36)37)18-31(28)38-15-12-23(13-16-38)33(42)43/h6-11,18,23-24,26,29-30H,2-5,12-17,19-21H2,1H3,(H,42,43)/t24-,29+,30?/m1/s1. The van der Waals surface area contributed by atoms with Gasteiger partial charge < -0.3 is 19.6 Å². The molecule has 1 N–H and O–H groups in total. The van der Waals surface area contributed by atoms with Gasteiger partial charge in [-0.1, -0.05) is 31.0 Å². The number of alkyl halides is 3. The number of amides is 1. The molecule has 7 nitrogen and oxygen atoms in total. The van der Waals surface area contributed by atoms with Crippen molar-refractivity contribution in [2.75, 3.05) is 51.3 Å². The summed E-state index contributed by atoms with van der Waals surface area (Å²) >= 11 is 0. The van der Waals surface area contributed by atoms with E-state index in [1.807, 2.05) is 21.9 Å². The quantitative estimate of drug-likeness (QED) is 0.414. The zero-order chi connectivity index (χ0) is 31.0. The fraction of sp³-hybridized carbons (Fsp3) is 0.588. The number of hydrogen-bond acceptors (Lipinski definition) is 5. The largest absolute Gasteiger partial charge is 0.497 e. The van der Waals surface area contributed by atoms with E-state index in [4.69, 9.17) is 4.74 Å². The highest BCUT2D eigenvalue weighted by molar-refractivity contribution is 5.81. The number of benzene rings is 2. The van der Waals surface area contributed by atoms with Crippen LogP contribution in [0.1, 0.15) is 73.5 Å². The molecule has 6 rings (SSSR count). The van der Waals surface area contributed by atoms with Gasteiger partial charge in [0.15, 0.2) is 0 Å². The van der Waals surface area contributed by atoms with Crippen molar-refractivity contribution in [3.8, 4) is 5.75 Å². The second-order valence-corrected chi connectivity index (χ2v) is 13.0. The molecule has 0 radical (unpaired) electrons. The Morgan fingerprint density at radius 3 is 2.23 bits per heavy atom. The SMILES string of the molecule is COc1ccc([C@@H]2CN(C3CCCC3)CC2C(=O)N2CC[C@@H](c3ccc(C(F)(F)F)cc3N3CCC(C(=O)O)CC3)C2)cc1. The molecule has 4 fully saturated rings. The Morgan fingerprint density at radius 2 is 1.59 bits per heavy atom. The Balaban J connectivity index is 1.22. The maximum atomic E-state index is 14.2. The number of rotatable bonds is 7. The van der Waals surface area contributed by atoms with Gasteiger partial charge in [0.05, 0.1) is 24.5 Å². The average Bonchev–Trinajstić information content (AvgIpc) is 3.81. The predicted octanol–water partition coefficient (Wildman–Crippen LogP) is 5.99. The van der Waals surface area contributed by atoms with Crippen molar-refractivity contribution in [1.29, 1.82) is 0 Å². The third kappa shape index (κ3) is 6.28. The summed E-state index contributed by atoms with van der Waals surface area (Å²) in [5, 5.41) is 9.42. The number of carbonyl (C=O) groups is 2. The van der Waals surface area contributed by atoms with Gasteiger partial charge in [-0.25, -0.2) is 0 Å². The van der Waals surface area contributed by atoms with E-state index in [2.05, 4.69) is 17.0 Å². The molecule has 0 spiro atoms. The second kappa shape index (κ2) is 12.6. The minimum atomic E-state index is -4.48. The molecule has 1 unspecified atom stereocenters. The molecule has 0 aromatic heterocycles. The van der Waals surface area contributed by atoms with Crippen molar-refractivity contribution in [3.63, 3.8) is 0 Å². The van der Waals surface area contributed by atoms with Crippen molar-refractivity contribution < 1.29 is 32.6 Å². The zero-order valence-electron chi connectivity index (χ0n) is 25.3. The van der Waals surface area contributed by atoms with Crippen LogP contribution in [0, 0.1) is 11.8 Å². The number of carboxylic acid groups (broad SMARTS) is 1. The lowest BCUT2D eigenvalue weighted by Crippen LogP contribution is -2.38. The van der Waals surface area contributed by atoms with Gasteiger partial charge in [-0.15, -0.1) is 0 Å². The van der Waals surface area contributed by atoms with Crippen LogP contribution in [0.5, 0.6) is 5.75 Å². The summed E-state index contributed by atoms with van der Waals surface area (Å²) < 4.78 is 46.6. The minimum absolute atomic E-state index is 0.0743. The number of halogens is 3. The lowest BCUT2D eigenvalue weighted by Gasteiger charge is -2.34. The number of likely N-dealkylation sites (tertiary alicyclic amines) is 2. The molecule has 3 aliphatic heterocycles. The Morgan fingerprint density at radius 1 is 0.886 bits per heavy atom. The van der Waals surface area contributed by atoms with E-state index in [1.165, 1.54) is 31.7 Å². The molecular formula is C34H42F3N3O4. The highest BCUT2D eigenvalue weighted by atomic mass is 19.4. The summed E-state index contributed by atoms with van der Waals surface area (Å²) in [4.78, 5) is 32.1. The first kappa shape index (κ1) is 30.7. The van der Waals surface area contributed by atoms with E-state index in [0.29, 0.717) is 57.2 Å². The first-order valence-corrected chi connectivity index (χ1v) is 16.0. The van der Waals surface area contributed by atoms with E-state index in [0.717, 1.165) is 36.0 Å². The van der Waals surface area contributed by atoms with Crippen LogP contribution >= 0.6 is 0 Å². The molecule has 3 heterocycles. The smallest absolute Gasteiger partial charge is 0.416 e. The number of anilines is 1. The highest BCUT2D eigenvalue weighted by Crippen LogP contribution is 2.43. The summed E-state index contributed by atoms with van der Waals surface area (Å²) in [5.74, 6) is -0.608. The molecule has 1 amide bonds. The Kier molecular flexibility index (Phi) is 8.81. The molecule has 3 saturated heterocycles. The average molecular weight is 614 g/mol. The van der Waals surface area contributed by atoms with Crippen LogP contribution in [0.25, 0.3) is 0 Å². The van der Waals surface area contributed by atoms with E-state index < -0.39 is 23.6 Å². The third-order valence-corrected chi connectivity index (χ3v) is 10.5. The summed E-state index contributed by atoms with van der Waals surface area (Å²) in [7, 11) is 1.64. The predicted molar refractivity (Wildman–Crippen MR) is 161 cm³/mol. The number of hydrogen-bond donors (Lipinski definition) is 1. The van der Waals surface area contributed by atoms with Gasteiger partial charge in [0.1, 0.15) is 5.75 Å². The number of nitrogens with zero attached hydrogens (tertiary/aromatic N) is 3. The monoisotopic (exact) mass is 613 g/mol. The molecular weight excluding hydrogens is 571 g/mol. The van der Waals surface area contributed by atoms with Crippen LogP contribution in [0.2, 0.25) is 0 Å². The second-order valence-electron chi connectivity index (χ2n) is 13.0. The van der Waals surface area contributed by atoms with E-state index in [9.17, 15) is 27.9 Å². The first-order chi connectivity index (χ1) is 21.1. The minimum Gasteiger partial charge on any atom is -0.497 e. The van der Waals surface area contributed by atoms with Crippen molar-refractivity contribution in [3.05, 3.63) is 59.2 Å². The fourth-order valence-corrected chi connectivity index (χ4v) is 8.00. The summed E-state index contributed by atoms with van der Waals surface area (Å²) in [6, 6.07) is 12.5. The number of ether oxygens (including phenoxy) is 1. The van der Waals surface area contributed by atoms with Gasteiger partial charge >= 0.3 is 12.1 Å². The van der Waals surface area contributed by atoms with Crippen LogP contribution in [0.15, 0.2) is 42.5 Å². The third-order valence-electron chi connectivity index (χ3n) is 10.5. The molecule has 10 heteroatoms. The maximum absolute atomic E-state index is 14.2. The number of carbonyl (C=O) groups excluding carboxylic acids is 1. The summed E-state index contributed by atoms with van der Waals surface area (Å²) in [6.45, 7) is 3.40. The molecule has 4 aliphatic rings. The maximum Gasteiger partial charge on any atom is 0.416 e. The van der Waals surface area contributed by atoms with E-state index in [-0.39, 0.29) is 23.7 Å². The summed E-state index contributed by atoms with van der Waals surface area (Å²) in [5.41, 5.74) is 1.76. The molecule has 2 aromatic carbocycles. The molecule has 238 valence electrons. The normalized spacial score (nSPS) is 25.6. The van der Waals surface area contributed by atoms with E-state index in [1.54, 1.807) is 13.2 Å². The molecule has 3 atom stereocenters. The van der Waals surface area contributed by atoms with Crippen molar-refractivity contribution in [2.45, 2.75) is 69.0 Å². The summed E-state index contributed by atoms with van der Waals surface area (Å²) in [6.07, 6.45) is 1.79. The van der Waals surface area contributed by atoms with Crippen molar-refractivity contribution in [1.82, 2.24) is 9.80 Å². The van der Waals surface area contributed by atoms with Gasteiger partial charge in [-0.3, -0.25) is 14.5 Å². The number of carboxylic acids is 1. The van der Waals surface area contributed by atoms with Crippen LogP contribution in [0.4, 0.5) is 18.9 Å². The molecule has 1 saturated carbocycles.